The van der Waals surface area contributed by atoms with E-state index in [1.54, 1.807) is 35.9 Å². The number of aromatic nitrogens is 3. The van der Waals surface area contributed by atoms with Crippen LogP contribution in [0.15, 0.2) is 46.9 Å². The van der Waals surface area contributed by atoms with E-state index in [4.69, 9.17) is 20.8 Å². The zero-order valence-electron chi connectivity index (χ0n) is 19.3. The molecule has 1 aliphatic carbocycles. The van der Waals surface area contributed by atoms with Gasteiger partial charge in [-0.2, -0.15) is 0 Å². The molecule has 2 aromatic carbocycles. The first kappa shape index (κ1) is 22.5. The van der Waals surface area contributed by atoms with Gasteiger partial charge in [0.05, 0.1) is 19.0 Å². The Balaban J connectivity index is 1.50. The summed E-state index contributed by atoms with van der Waals surface area (Å²) in [4.78, 5) is 13.5. The Hall–Kier alpha value is -3.32. The molecule has 0 spiro atoms. The Bertz CT molecular complexity index is 1320. The van der Waals surface area contributed by atoms with Gasteiger partial charge in [0.2, 0.25) is 5.89 Å². The second-order valence-corrected chi connectivity index (χ2v) is 9.19. The number of carbonyl (C=O) groups excluding carboxylic acids is 1. The van der Waals surface area contributed by atoms with E-state index in [2.05, 4.69) is 15.5 Å². The minimum atomic E-state index is -0.124. The fraction of sp³-hybridized carbons (Fsp3) is 0.346. The molecule has 4 aromatic rings. The summed E-state index contributed by atoms with van der Waals surface area (Å²) in [5.41, 5.74) is 3.13. The lowest BCUT2D eigenvalue weighted by atomic mass is 9.96. The van der Waals surface area contributed by atoms with Crippen LogP contribution >= 0.6 is 11.6 Å². The summed E-state index contributed by atoms with van der Waals surface area (Å²) in [5, 5.41) is 13.4. The standard InChI is InChI=1S/C26H27ClN4O3/c1-16-21(15-24-29-30-26(34-24)28-19-6-4-3-5-7-19)22-14-20(33-2)12-13-23(22)31(16)25(32)17-8-10-18(27)11-9-17/h8-14,19H,3-7,15H2,1-2H3,(H,28,30). The van der Waals surface area contributed by atoms with Crippen LogP contribution in [0, 0.1) is 6.92 Å². The number of nitrogens with zero attached hydrogens (tertiary/aromatic N) is 3. The van der Waals surface area contributed by atoms with Crippen LogP contribution in [0.4, 0.5) is 6.01 Å². The number of hydrogen-bond acceptors (Lipinski definition) is 6. The fourth-order valence-electron chi connectivity index (χ4n) is 4.75. The molecule has 1 aliphatic rings. The molecule has 2 aromatic heterocycles. The molecule has 1 N–H and O–H groups in total. The second-order valence-electron chi connectivity index (χ2n) is 8.75. The zero-order chi connectivity index (χ0) is 23.7. The maximum Gasteiger partial charge on any atom is 0.315 e. The lowest BCUT2D eigenvalue weighted by Gasteiger charge is -2.21. The van der Waals surface area contributed by atoms with Crippen molar-refractivity contribution in [3.05, 3.63) is 70.2 Å². The van der Waals surface area contributed by atoms with Crippen LogP contribution in [0.3, 0.4) is 0 Å². The number of methoxy groups -OCH3 is 1. The highest BCUT2D eigenvalue weighted by Crippen LogP contribution is 2.32. The van der Waals surface area contributed by atoms with E-state index in [-0.39, 0.29) is 5.91 Å². The van der Waals surface area contributed by atoms with Crippen LogP contribution in [0.5, 0.6) is 5.75 Å². The third-order valence-corrected chi connectivity index (χ3v) is 6.82. The third kappa shape index (κ3) is 4.40. The normalized spacial score (nSPS) is 14.4. The number of benzene rings is 2. The number of halogens is 1. The van der Waals surface area contributed by atoms with Gasteiger partial charge < -0.3 is 14.5 Å². The average Bonchev–Trinajstić information content (AvgIpc) is 3.41. The second kappa shape index (κ2) is 9.50. The molecule has 0 unspecified atom stereocenters. The van der Waals surface area contributed by atoms with E-state index in [9.17, 15) is 4.79 Å². The van der Waals surface area contributed by atoms with E-state index in [0.717, 1.165) is 40.8 Å². The Morgan fingerprint density at radius 2 is 1.91 bits per heavy atom. The van der Waals surface area contributed by atoms with E-state index in [0.29, 0.717) is 35.0 Å². The molecule has 0 saturated heterocycles. The molecule has 1 fully saturated rings. The highest BCUT2D eigenvalue weighted by atomic mass is 35.5. The quantitative estimate of drug-likeness (QED) is 0.365. The van der Waals surface area contributed by atoms with Crippen LogP contribution < -0.4 is 10.1 Å². The average molecular weight is 479 g/mol. The van der Waals surface area contributed by atoms with E-state index >= 15 is 0 Å². The van der Waals surface area contributed by atoms with Crippen molar-refractivity contribution in [2.45, 2.75) is 51.5 Å². The van der Waals surface area contributed by atoms with Crippen molar-refractivity contribution in [1.82, 2.24) is 14.8 Å². The number of carbonyl (C=O) groups is 1. The summed E-state index contributed by atoms with van der Waals surface area (Å²) in [7, 11) is 1.63. The van der Waals surface area contributed by atoms with Crippen LogP contribution in [0.25, 0.3) is 10.9 Å². The van der Waals surface area contributed by atoms with Crippen molar-refractivity contribution in [2.24, 2.45) is 0 Å². The molecular weight excluding hydrogens is 452 g/mol. The summed E-state index contributed by atoms with van der Waals surface area (Å²) >= 11 is 6.02. The fourth-order valence-corrected chi connectivity index (χ4v) is 4.88. The molecule has 8 heteroatoms. The number of anilines is 1. The van der Waals surface area contributed by atoms with Crippen molar-refractivity contribution in [3.63, 3.8) is 0 Å². The molecule has 2 heterocycles. The first-order valence-corrected chi connectivity index (χ1v) is 12.0. The van der Waals surface area contributed by atoms with Crippen LogP contribution in [0.2, 0.25) is 5.02 Å². The van der Waals surface area contributed by atoms with Gasteiger partial charge in [0.1, 0.15) is 5.75 Å². The predicted octanol–water partition coefficient (Wildman–Crippen LogP) is 6.02. The minimum Gasteiger partial charge on any atom is -0.497 e. The van der Waals surface area contributed by atoms with Crippen molar-refractivity contribution in [2.75, 3.05) is 12.4 Å². The van der Waals surface area contributed by atoms with Crippen LogP contribution in [0.1, 0.15) is 59.6 Å². The highest BCUT2D eigenvalue weighted by Gasteiger charge is 2.23. The van der Waals surface area contributed by atoms with E-state index in [1.165, 1.54) is 19.3 Å². The lowest BCUT2D eigenvalue weighted by Crippen LogP contribution is -2.22. The Morgan fingerprint density at radius 3 is 2.65 bits per heavy atom. The molecule has 176 valence electrons. The molecule has 1 saturated carbocycles. The molecule has 0 amide bonds. The molecule has 0 bridgehead atoms. The van der Waals surface area contributed by atoms with Crippen LogP contribution in [-0.2, 0) is 6.42 Å². The van der Waals surface area contributed by atoms with Gasteiger partial charge in [0.25, 0.3) is 5.91 Å². The lowest BCUT2D eigenvalue weighted by molar-refractivity contribution is 0.0963. The summed E-state index contributed by atoms with van der Waals surface area (Å²) in [5.74, 6) is 1.10. The molecule has 0 radical (unpaired) electrons. The molecule has 0 aliphatic heterocycles. The van der Waals surface area contributed by atoms with Gasteiger partial charge in [-0.1, -0.05) is 36.0 Å². The monoisotopic (exact) mass is 478 g/mol. The van der Waals surface area contributed by atoms with Gasteiger partial charge in [-0.05, 0) is 67.8 Å². The van der Waals surface area contributed by atoms with Crippen molar-refractivity contribution < 1.29 is 13.9 Å². The first-order chi connectivity index (χ1) is 16.5. The van der Waals surface area contributed by atoms with E-state index in [1.807, 2.05) is 25.1 Å². The third-order valence-electron chi connectivity index (χ3n) is 6.56. The maximum atomic E-state index is 13.5. The largest absolute Gasteiger partial charge is 0.497 e. The van der Waals surface area contributed by atoms with Gasteiger partial charge >= 0.3 is 6.01 Å². The molecular formula is C26H27ClN4O3. The number of hydrogen-bond donors (Lipinski definition) is 1. The van der Waals surface area contributed by atoms with Crippen LogP contribution in [-0.4, -0.2) is 33.8 Å². The maximum absolute atomic E-state index is 13.5. The summed E-state index contributed by atoms with van der Waals surface area (Å²) < 4.78 is 13.1. The minimum absolute atomic E-state index is 0.124. The number of fused-ring (bicyclic) bond motifs is 1. The van der Waals surface area contributed by atoms with E-state index < -0.39 is 0 Å². The van der Waals surface area contributed by atoms with Crippen molar-refractivity contribution >= 4 is 34.4 Å². The number of ether oxygens (including phenoxy) is 1. The van der Waals surface area contributed by atoms with Gasteiger partial charge in [0.15, 0.2) is 0 Å². The Kier molecular flexibility index (Phi) is 6.28. The van der Waals surface area contributed by atoms with Gasteiger partial charge in [-0.25, -0.2) is 0 Å². The van der Waals surface area contributed by atoms with Crippen molar-refractivity contribution in [3.8, 4) is 5.75 Å². The first-order valence-electron chi connectivity index (χ1n) is 11.6. The summed E-state index contributed by atoms with van der Waals surface area (Å²) in [6.45, 7) is 1.94. The SMILES string of the molecule is COc1ccc2c(c1)c(Cc1nnc(NC3CCCCC3)o1)c(C)n2C(=O)c1ccc(Cl)cc1. The molecule has 0 atom stereocenters. The smallest absolute Gasteiger partial charge is 0.315 e. The van der Waals surface area contributed by atoms with Gasteiger partial charge in [-0.3, -0.25) is 9.36 Å². The molecule has 7 nitrogen and oxygen atoms in total. The Morgan fingerprint density at radius 1 is 1.15 bits per heavy atom. The number of rotatable bonds is 6. The highest BCUT2D eigenvalue weighted by molar-refractivity contribution is 6.30. The molecule has 34 heavy (non-hydrogen) atoms. The summed E-state index contributed by atoms with van der Waals surface area (Å²) in [6, 6.07) is 13.5. The van der Waals surface area contributed by atoms with Gasteiger partial charge in [-0.15, -0.1) is 5.10 Å². The Labute approximate surface area is 203 Å². The zero-order valence-corrected chi connectivity index (χ0v) is 20.1. The molecule has 5 rings (SSSR count). The predicted molar refractivity (Wildman–Crippen MR) is 132 cm³/mol. The van der Waals surface area contributed by atoms with Crippen molar-refractivity contribution in [1.29, 1.82) is 0 Å². The summed E-state index contributed by atoms with van der Waals surface area (Å²) in [6.07, 6.45) is 6.39. The van der Waals surface area contributed by atoms with Gasteiger partial charge in [0, 0.05) is 27.7 Å². The topological polar surface area (TPSA) is 82.2 Å². The number of nitrogens with one attached hydrogen (secondary N) is 1.